The largest absolute Gasteiger partial charge is 0.330 e. The number of aromatic nitrogens is 4. The number of imidazole rings is 1. The van der Waals surface area contributed by atoms with Crippen molar-refractivity contribution in [3.63, 3.8) is 0 Å². The standard InChI is InChI=1S/C19H17N5O2S/c1-11-17(22-19(27-11)21-12(2)25)14-4-5-15-13(8-14)6-7-24(15)18(26)16-9-20-10-23(16)3/h4-10H,1-3H3,(H,21,22,25). The molecule has 0 aliphatic carbocycles. The third-order valence-electron chi connectivity index (χ3n) is 4.30. The molecule has 0 unspecified atom stereocenters. The fraction of sp³-hybridized carbons (Fsp3) is 0.158. The summed E-state index contributed by atoms with van der Waals surface area (Å²) in [5.74, 6) is -0.271. The van der Waals surface area contributed by atoms with E-state index in [1.54, 1.807) is 34.9 Å². The van der Waals surface area contributed by atoms with E-state index in [0.717, 1.165) is 27.0 Å². The Balaban J connectivity index is 1.73. The highest BCUT2D eigenvalue weighted by Crippen LogP contribution is 2.32. The molecule has 4 aromatic rings. The van der Waals surface area contributed by atoms with Crippen molar-refractivity contribution in [2.45, 2.75) is 13.8 Å². The predicted molar refractivity (Wildman–Crippen MR) is 105 cm³/mol. The SMILES string of the molecule is CC(=O)Nc1nc(-c2ccc3c(ccn3C(=O)c3cncn3C)c2)c(C)s1. The van der Waals surface area contributed by atoms with Gasteiger partial charge in [0.15, 0.2) is 5.13 Å². The zero-order valence-corrected chi connectivity index (χ0v) is 15.9. The highest BCUT2D eigenvalue weighted by molar-refractivity contribution is 7.16. The van der Waals surface area contributed by atoms with Crippen LogP contribution in [0.15, 0.2) is 43.0 Å². The lowest BCUT2D eigenvalue weighted by Gasteiger charge is -2.05. The Morgan fingerprint density at radius 1 is 1.22 bits per heavy atom. The maximum atomic E-state index is 12.8. The van der Waals surface area contributed by atoms with Gasteiger partial charge in [0.05, 0.1) is 23.7 Å². The minimum atomic E-state index is -0.142. The Labute approximate surface area is 159 Å². The van der Waals surface area contributed by atoms with Crippen LogP contribution in [0.5, 0.6) is 0 Å². The van der Waals surface area contributed by atoms with Crippen molar-refractivity contribution in [2.24, 2.45) is 7.05 Å². The van der Waals surface area contributed by atoms with E-state index in [1.807, 2.05) is 31.2 Å². The van der Waals surface area contributed by atoms with Crippen molar-refractivity contribution in [1.82, 2.24) is 19.1 Å². The highest BCUT2D eigenvalue weighted by Gasteiger charge is 2.16. The molecule has 7 nitrogen and oxygen atoms in total. The number of hydrogen-bond donors (Lipinski definition) is 1. The zero-order chi connectivity index (χ0) is 19.1. The minimum absolute atomic E-state index is 0.129. The normalized spacial score (nSPS) is 11.1. The maximum Gasteiger partial charge on any atom is 0.280 e. The van der Waals surface area contributed by atoms with E-state index in [2.05, 4.69) is 15.3 Å². The molecule has 136 valence electrons. The van der Waals surface area contributed by atoms with Crippen molar-refractivity contribution in [3.8, 4) is 11.3 Å². The summed E-state index contributed by atoms with van der Waals surface area (Å²) >= 11 is 1.44. The second-order valence-electron chi connectivity index (χ2n) is 6.26. The Morgan fingerprint density at radius 2 is 2.04 bits per heavy atom. The smallest absolute Gasteiger partial charge is 0.280 e. The number of thiazole rings is 1. The van der Waals surface area contributed by atoms with Crippen LogP contribution in [0.1, 0.15) is 22.3 Å². The molecule has 0 bridgehead atoms. The summed E-state index contributed by atoms with van der Waals surface area (Å²) in [6, 6.07) is 7.76. The molecule has 0 radical (unpaired) electrons. The molecule has 27 heavy (non-hydrogen) atoms. The number of carbonyl (C=O) groups is 2. The molecule has 0 atom stereocenters. The van der Waals surface area contributed by atoms with Crippen molar-refractivity contribution < 1.29 is 9.59 Å². The predicted octanol–water partition coefficient (Wildman–Crippen LogP) is 3.45. The van der Waals surface area contributed by atoms with Crippen LogP contribution in [0, 0.1) is 6.92 Å². The summed E-state index contributed by atoms with van der Waals surface area (Å²) in [5, 5.41) is 4.25. The van der Waals surface area contributed by atoms with E-state index >= 15 is 0 Å². The van der Waals surface area contributed by atoms with Gasteiger partial charge in [0.1, 0.15) is 5.69 Å². The summed E-state index contributed by atoms with van der Waals surface area (Å²) in [4.78, 5) is 33.6. The molecule has 1 N–H and O–H groups in total. The van der Waals surface area contributed by atoms with E-state index in [4.69, 9.17) is 0 Å². The van der Waals surface area contributed by atoms with Crippen LogP contribution in [0.25, 0.3) is 22.2 Å². The number of amides is 1. The first-order valence-corrected chi connectivity index (χ1v) is 9.13. The number of anilines is 1. The van der Waals surface area contributed by atoms with Crippen molar-refractivity contribution in [3.05, 3.63) is 53.6 Å². The number of nitrogens with one attached hydrogen (secondary N) is 1. The molecule has 1 amide bonds. The molecule has 1 aromatic carbocycles. The van der Waals surface area contributed by atoms with Gasteiger partial charge in [-0.3, -0.25) is 14.2 Å². The Hall–Kier alpha value is -3.26. The summed E-state index contributed by atoms with van der Waals surface area (Å²) in [5.41, 5.74) is 3.11. The summed E-state index contributed by atoms with van der Waals surface area (Å²) in [7, 11) is 1.79. The van der Waals surface area contributed by atoms with Crippen LogP contribution in [-0.4, -0.2) is 30.9 Å². The molecule has 8 heteroatoms. The average Bonchev–Trinajstić information content (AvgIpc) is 3.31. The van der Waals surface area contributed by atoms with E-state index in [9.17, 15) is 9.59 Å². The summed E-state index contributed by atoms with van der Waals surface area (Å²) in [6.45, 7) is 3.43. The van der Waals surface area contributed by atoms with Crippen LogP contribution in [0.4, 0.5) is 5.13 Å². The Bertz CT molecular complexity index is 1180. The van der Waals surface area contributed by atoms with Crippen LogP contribution in [0.3, 0.4) is 0 Å². The Kier molecular flexibility index (Phi) is 4.12. The van der Waals surface area contributed by atoms with Gasteiger partial charge in [-0.2, -0.15) is 0 Å². The number of rotatable bonds is 3. The van der Waals surface area contributed by atoms with Gasteiger partial charge in [-0.15, -0.1) is 11.3 Å². The second-order valence-corrected chi connectivity index (χ2v) is 7.46. The first-order chi connectivity index (χ1) is 12.9. The quantitative estimate of drug-likeness (QED) is 0.591. The minimum Gasteiger partial charge on any atom is -0.330 e. The molecule has 4 rings (SSSR count). The van der Waals surface area contributed by atoms with Gasteiger partial charge in [-0.25, -0.2) is 9.97 Å². The number of nitrogens with zero attached hydrogens (tertiary/aromatic N) is 4. The van der Waals surface area contributed by atoms with Crippen molar-refractivity contribution in [2.75, 3.05) is 5.32 Å². The fourth-order valence-corrected chi connectivity index (χ4v) is 3.90. The van der Waals surface area contributed by atoms with Crippen LogP contribution < -0.4 is 5.32 Å². The molecular weight excluding hydrogens is 362 g/mol. The lowest BCUT2D eigenvalue weighted by Crippen LogP contribution is -2.14. The zero-order valence-electron chi connectivity index (χ0n) is 15.1. The number of aryl methyl sites for hydroxylation is 2. The van der Waals surface area contributed by atoms with Gasteiger partial charge in [0.2, 0.25) is 5.91 Å². The summed E-state index contributed by atoms with van der Waals surface area (Å²) < 4.78 is 3.32. The molecule has 3 heterocycles. The van der Waals surface area contributed by atoms with E-state index in [0.29, 0.717) is 10.8 Å². The molecule has 0 fully saturated rings. The molecular formula is C19H17N5O2S. The van der Waals surface area contributed by atoms with Gasteiger partial charge in [0.25, 0.3) is 5.91 Å². The van der Waals surface area contributed by atoms with E-state index in [1.165, 1.54) is 18.3 Å². The topological polar surface area (TPSA) is 81.8 Å². The van der Waals surface area contributed by atoms with Gasteiger partial charge in [-0.05, 0) is 25.1 Å². The number of hydrogen-bond acceptors (Lipinski definition) is 5. The molecule has 0 aliphatic rings. The monoisotopic (exact) mass is 379 g/mol. The van der Waals surface area contributed by atoms with Crippen LogP contribution >= 0.6 is 11.3 Å². The Morgan fingerprint density at radius 3 is 2.74 bits per heavy atom. The lowest BCUT2D eigenvalue weighted by atomic mass is 10.1. The second kappa shape index (κ2) is 6.48. The average molecular weight is 379 g/mol. The third-order valence-corrected chi connectivity index (χ3v) is 5.18. The first-order valence-electron chi connectivity index (χ1n) is 8.31. The highest BCUT2D eigenvalue weighted by atomic mass is 32.1. The number of carbonyl (C=O) groups excluding carboxylic acids is 2. The van der Waals surface area contributed by atoms with Crippen molar-refractivity contribution in [1.29, 1.82) is 0 Å². The third kappa shape index (κ3) is 3.04. The van der Waals surface area contributed by atoms with Crippen molar-refractivity contribution >= 4 is 39.2 Å². The molecule has 0 spiro atoms. The van der Waals surface area contributed by atoms with Gasteiger partial charge >= 0.3 is 0 Å². The first kappa shape index (κ1) is 17.2. The van der Waals surface area contributed by atoms with E-state index < -0.39 is 0 Å². The molecule has 0 aliphatic heterocycles. The van der Waals surface area contributed by atoms with Gasteiger partial charge < -0.3 is 9.88 Å². The summed E-state index contributed by atoms with van der Waals surface area (Å²) in [6.07, 6.45) is 4.93. The molecule has 0 saturated carbocycles. The maximum absolute atomic E-state index is 12.8. The number of benzene rings is 1. The lowest BCUT2D eigenvalue weighted by molar-refractivity contribution is -0.114. The number of fused-ring (bicyclic) bond motifs is 1. The van der Waals surface area contributed by atoms with Gasteiger partial charge in [0, 0.05) is 36.0 Å². The van der Waals surface area contributed by atoms with Crippen LogP contribution in [0.2, 0.25) is 0 Å². The fourth-order valence-electron chi connectivity index (χ4n) is 3.02. The van der Waals surface area contributed by atoms with Gasteiger partial charge in [-0.1, -0.05) is 6.07 Å². The van der Waals surface area contributed by atoms with Crippen LogP contribution in [-0.2, 0) is 11.8 Å². The molecule has 3 aromatic heterocycles. The van der Waals surface area contributed by atoms with E-state index in [-0.39, 0.29) is 11.8 Å². The molecule has 0 saturated heterocycles.